The van der Waals surface area contributed by atoms with Gasteiger partial charge in [-0.2, -0.15) is 13.9 Å². The Morgan fingerprint density at radius 3 is 2.60 bits per heavy atom. The Morgan fingerprint density at radius 2 is 2.05 bits per heavy atom. The van der Waals surface area contributed by atoms with E-state index in [1.54, 1.807) is 25.4 Å². The first kappa shape index (κ1) is 14.0. The molecule has 0 aliphatic rings. The van der Waals surface area contributed by atoms with Crippen LogP contribution < -0.4 is 10.1 Å². The summed E-state index contributed by atoms with van der Waals surface area (Å²) in [7, 11) is 0. The Morgan fingerprint density at radius 1 is 1.35 bits per heavy atom. The molecule has 0 saturated carbocycles. The second-order valence-electron chi connectivity index (χ2n) is 4.05. The van der Waals surface area contributed by atoms with E-state index in [9.17, 15) is 13.6 Å². The van der Waals surface area contributed by atoms with E-state index in [0.29, 0.717) is 5.69 Å². The molecule has 0 radical (unpaired) electrons. The van der Waals surface area contributed by atoms with Crippen LogP contribution in [0.25, 0.3) is 0 Å². The predicted molar refractivity (Wildman–Crippen MR) is 68.6 cm³/mol. The van der Waals surface area contributed by atoms with Crippen molar-refractivity contribution in [2.75, 3.05) is 5.32 Å². The standard InChI is InChI=1S/C13H13F2N3O2/c1-9(18-8-2-7-16-18)12(19)17-10-3-5-11(6-4-10)20-13(14)15/h2-9,13H,1H3,(H,17,19)/t9-/m0/s1. The molecule has 1 N–H and O–H groups in total. The van der Waals surface area contributed by atoms with Crippen LogP contribution in [0, 0.1) is 0 Å². The minimum absolute atomic E-state index is 0.0399. The largest absolute Gasteiger partial charge is 0.435 e. The molecule has 0 aliphatic heterocycles. The lowest BCUT2D eigenvalue weighted by Crippen LogP contribution is -2.23. The number of ether oxygens (including phenoxy) is 1. The quantitative estimate of drug-likeness (QED) is 0.916. The zero-order valence-corrected chi connectivity index (χ0v) is 10.7. The third kappa shape index (κ3) is 3.53. The second kappa shape index (κ2) is 6.14. The van der Waals surface area contributed by atoms with Gasteiger partial charge < -0.3 is 10.1 Å². The minimum Gasteiger partial charge on any atom is -0.435 e. The molecular weight excluding hydrogens is 268 g/mol. The molecule has 7 heteroatoms. The number of anilines is 1. The maximum absolute atomic E-state index is 12.0. The van der Waals surface area contributed by atoms with Crippen LogP contribution in [0.1, 0.15) is 13.0 Å². The molecule has 1 atom stereocenters. The average molecular weight is 281 g/mol. The van der Waals surface area contributed by atoms with E-state index in [2.05, 4.69) is 15.2 Å². The minimum atomic E-state index is -2.87. The van der Waals surface area contributed by atoms with Gasteiger partial charge in [0.25, 0.3) is 0 Å². The zero-order valence-electron chi connectivity index (χ0n) is 10.7. The number of halogens is 2. The lowest BCUT2D eigenvalue weighted by Gasteiger charge is -2.13. The van der Waals surface area contributed by atoms with Crippen LogP contribution in [-0.4, -0.2) is 22.3 Å². The van der Waals surface area contributed by atoms with Crippen LogP contribution in [-0.2, 0) is 4.79 Å². The van der Waals surface area contributed by atoms with Crippen molar-refractivity contribution in [2.45, 2.75) is 19.6 Å². The molecule has 0 bridgehead atoms. The zero-order chi connectivity index (χ0) is 14.5. The monoisotopic (exact) mass is 281 g/mol. The van der Waals surface area contributed by atoms with Gasteiger partial charge in [-0.25, -0.2) is 0 Å². The van der Waals surface area contributed by atoms with E-state index in [1.165, 1.54) is 28.9 Å². The summed E-state index contributed by atoms with van der Waals surface area (Å²) >= 11 is 0. The molecule has 0 unspecified atom stereocenters. The highest BCUT2D eigenvalue weighted by atomic mass is 19.3. The van der Waals surface area contributed by atoms with Crippen molar-refractivity contribution in [3.8, 4) is 5.75 Å². The lowest BCUT2D eigenvalue weighted by molar-refractivity contribution is -0.119. The predicted octanol–water partition coefficient (Wildman–Crippen LogP) is 2.68. The number of rotatable bonds is 5. The van der Waals surface area contributed by atoms with Gasteiger partial charge in [-0.1, -0.05) is 0 Å². The van der Waals surface area contributed by atoms with Gasteiger partial charge >= 0.3 is 6.61 Å². The SMILES string of the molecule is C[C@@H](C(=O)Nc1ccc(OC(F)F)cc1)n1cccn1. The van der Waals surface area contributed by atoms with Crippen molar-refractivity contribution >= 4 is 11.6 Å². The molecule has 0 fully saturated rings. The summed E-state index contributed by atoms with van der Waals surface area (Å²) in [5, 5.41) is 6.65. The molecule has 5 nitrogen and oxygen atoms in total. The Kier molecular flexibility index (Phi) is 4.29. The van der Waals surface area contributed by atoms with Crippen LogP contribution in [0.3, 0.4) is 0 Å². The number of carbonyl (C=O) groups excluding carboxylic acids is 1. The number of nitrogens with zero attached hydrogens (tertiary/aromatic N) is 2. The molecule has 0 saturated heterocycles. The second-order valence-corrected chi connectivity index (χ2v) is 4.05. The summed E-state index contributed by atoms with van der Waals surface area (Å²) in [6, 6.07) is 6.96. The maximum Gasteiger partial charge on any atom is 0.387 e. The third-order valence-electron chi connectivity index (χ3n) is 2.65. The number of carbonyl (C=O) groups is 1. The van der Waals surface area contributed by atoms with Crippen molar-refractivity contribution in [1.29, 1.82) is 0 Å². The van der Waals surface area contributed by atoms with Crippen LogP contribution in [0.5, 0.6) is 5.75 Å². The Balaban J connectivity index is 1.97. The normalized spacial score (nSPS) is 12.2. The third-order valence-corrected chi connectivity index (χ3v) is 2.65. The first-order valence-corrected chi connectivity index (χ1v) is 5.91. The van der Waals surface area contributed by atoms with Crippen LogP contribution in [0.4, 0.5) is 14.5 Å². The highest BCUT2D eigenvalue weighted by Gasteiger charge is 2.15. The number of amides is 1. The fourth-order valence-corrected chi connectivity index (χ4v) is 1.60. The molecule has 1 heterocycles. The first-order valence-electron chi connectivity index (χ1n) is 5.91. The van der Waals surface area contributed by atoms with Gasteiger partial charge in [0.05, 0.1) is 0 Å². The maximum atomic E-state index is 12.0. The lowest BCUT2D eigenvalue weighted by atomic mass is 10.2. The molecule has 2 rings (SSSR count). The summed E-state index contributed by atoms with van der Waals surface area (Å²) in [6.07, 6.45) is 3.27. The van der Waals surface area contributed by atoms with Crippen LogP contribution >= 0.6 is 0 Å². The van der Waals surface area contributed by atoms with Crippen molar-refractivity contribution in [3.63, 3.8) is 0 Å². The number of benzene rings is 1. The molecule has 2 aromatic rings. The van der Waals surface area contributed by atoms with Gasteiger partial charge in [0.1, 0.15) is 11.8 Å². The summed E-state index contributed by atoms with van der Waals surface area (Å²) in [6.45, 7) is -1.16. The van der Waals surface area contributed by atoms with Crippen molar-refractivity contribution in [1.82, 2.24) is 9.78 Å². The van der Waals surface area contributed by atoms with E-state index in [-0.39, 0.29) is 11.7 Å². The number of aromatic nitrogens is 2. The average Bonchev–Trinajstić information content (AvgIpc) is 2.93. The summed E-state index contributed by atoms with van der Waals surface area (Å²) < 4.78 is 29.7. The Hall–Kier alpha value is -2.44. The number of hydrogen-bond acceptors (Lipinski definition) is 3. The van der Waals surface area contributed by atoms with Gasteiger partial charge in [0.15, 0.2) is 0 Å². The van der Waals surface area contributed by atoms with E-state index in [0.717, 1.165) is 0 Å². The van der Waals surface area contributed by atoms with Crippen molar-refractivity contribution in [2.24, 2.45) is 0 Å². The number of alkyl halides is 2. The number of hydrogen-bond donors (Lipinski definition) is 1. The van der Waals surface area contributed by atoms with Gasteiger partial charge in [0, 0.05) is 18.1 Å². The van der Waals surface area contributed by atoms with Crippen LogP contribution in [0.15, 0.2) is 42.7 Å². The highest BCUT2D eigenvalue weighted by Crippen LogP contribution is 2.18. The fourth-order valence-electron chi connectivity index (χ4n) is 1.60. The summed E-state index contributed by atoms with van der Waals surface area (Å²) in [5.74, 6) is -0.214. The van der Waals surface area contributed by atoms with Gasteiger partial charge in [-0.3, -0.25) is 9.48 Å². The molecule has 0 aliphatic carbocycles. The van der Waals surface area contributed by atoms with Gasteiger partial charge in [-0.05, 0) is 37.3 Å². The molecule has 1 aromatic heterocycles. The Bertz CT molecular complexity index is 556. The summed E-state index contributed by atoms with van der Waals surface area (Å²) in [5.41, 5.74) is 0.496. The van der Waals surface area contributed by atoms with E-state index >= 15 is 0 Å². The molecule has 1 aromatic carbocycles. The summed E-state index contributed by atoms with van der Waals surface area (Å²) in [4.78, 5) is 12.0. The highest BCUT2D eigenvalue weighted by molar-refractivity contribution is 5.93. The fraction of sp³-hybridized carbons (Fsp3) is 0.231. The van der Waals surface area contributed by atoms with Gasteiger partial charge in [-0.15, -0.1) is 0 Å². The molecule has 20 heavy (non-hydrogen) atoms. The van der Waals surface area contributed by atoms with Crippen molar-refractivity contribution < 1.29 is 18.3 Å². The van der Waals surface area contributed by atoms with E-state index in [4.69, 9.17) is 0 Å². The molecule has 1 amide bonds. The smallest absolute Gasteiger partial charge is 0.387 e. The number of nitrogens with one attached hydrogen (secondary N) is 1. The van der Waals surface area contributed by atoms with E-state index in [1.807, 2.05) is 0 Å². The van der Waals surface area contributed by atoms with Crippen LogP contribution in [0.2, 0.25) is 0 Å². The van der Waals surface area contributed by atoms with E-state index < -0.39 is 12.7 Å². The topological polar surface area (TPSA) is 56.1 Å². The van der Waals surface area contributed by atoms with Gasteiger partial charge in [0.2, 0.25) is 5.91 Å². The molecular formula is C13H13F2N3O2. The molecule has 106 valence electrons. The van der Waals surface area contributed by atoms with Crippen molar-refractivity contribution in [3.05, 3.63) is 42.7 Å². The molecule has 0 spiro atoms. The Labute approximate surface area is 114 Å². The first-order chi connectivity index (χ1) is 9.56.